The number of nitrogens with two attached hydrogens (primary N) is 1. The summed E-state index contributed by atoms with van der Waals surface area (Å²) in [5, 5.41) is 0. The molecule has 2 aliphatic rings. The monoisotopic (exact) mass is 515 g/mol. The zero-order chi connectivity index (χ0) is 26.3. The minimum Gasteiger partial charge on any atom is -0.334 e. The van der Waals surface area contributed by atoms with E-state index >= 15 is 0 Å². The van der Waals surface area contributed by atoms with Gasteiger partial charge in [-0.1, -0.05) is 18.2 Å². The first kappa shape index (κ1) is 24.9. The Hall–Kier alpha value is -3.73. The van der Waals surface area contributed by atoms with Crippen LogP contribution < -0.4 is 5.73 Å². The zero-order valence-electron chi connectivity index (χ0n) is 19.8. The van der Waals surface area contributed by atoms with Crippen LogP contribution in [0.5, 0.6) is 0 Å². The molecule has 1 saturated heterocycles. The van der Waals surface area contributed by atoms with E-state index in [-0.39, 0.29) is 56.1 Å². The molecule has 11 heteroatoms. The molecule has 194 valence electrons. The molecule has 1 aromatic heterocycles. The number of rotatable bonds is 5. The van der Waals surface area contributed by atoms with E-state index in [4.69, 9.17) is 5.73 Å². The molecule has 2 aromatic carbocycles. The molecule has 1 fully saturated rings. The average Bonchev–Trinajstić information content (AvgIpc) is 3.44. The fraction of sp³-hybridized carbons (Fsp3) is 0.346. The van der Waals surface area contributed by atoms with Crippen molar-refractivity contribution in [3.63, 3.8) is 0 Å². The van der Waals surface area contributed by atoms with Crippen LogP contribution >= 0.6 is 0 Å². The van der Waals surface area contributed by atoms with Crippen molar-refractivity contribution in [2.45, 2.75) is 44.6 Å². The number of hydrogen-bond acceptors (Lipinski definition) is 4. The lowest BCUT2D eigenvalue weighted by Crippen LogP contribution is -2.36. The van der Waals surface area contributed by atoms with Gasteiger partial charge in [-0.05, 0) is 36.1 Å². The van der Waals surface area contributed by atoms with Crippen molar-refractivity contribution in [1.29, 1.82) is 0 Å². The largest absolute Gasteiger partial charge is 0.334 e. The third-order valence-corrected chi connectivity index (χ3v) is 6.80. The summed E-state index contributed by atoms with van der Waals surface area (Å²) in [5.41, 5.74) is 8.20. The lowest BCUT2D eigenvalue weighted by molar-refractivity contribution is -0.132. The summed E-state index contributed by atoms with van der Waals surface area (Å²) in [5.74, 6) is -4.18. The number of carbonyl (C=O) groups excluding carboxylic acids is 2. The van der Waals surface area contributed by atoms with Crippen molar-refractivity contribution >= 4 is 11.8 Å². The Balaban J connectivity index is 1.39. The lowest BCUT2D eigenvalue weighted by atomic mass is 10.0. The number of likely N-dealkylation sites (tertiary alicyclic amines) is 1. The number of nitrogens with zero attached hydrogens (tertiary/aromatic N) is 4. The number of halogens is 4. The van der Waals surface area contributed by atoms with E-state index in [9.17, 15) is 27.2 Å². The quantitative estimate of drug-likeness (QED) is 0.418. The molecule has 3 heterocycles. The van der Waals surface area contributed by atoms with E-state index in [1.165, 1.54) is 16.1 Å². The lowest BCUT2D eigenvalue weighted by Gasteiger charge is -2.23. The second-order valence-corrected chi connectivity index (χ2v) is 9.45. The van der Waals surface area contributed by atoms with Gasteiger partial charge in [-0.15, -0.1) is 0 Å². The summed E-state index contributed by atoms with van der Waals surface area (Å²) >= 11 is 0. The van der Waals surface area contributed by atoms with E-state index in [1.807, 2.05) is 24.3 Å². The van der Waals surface area contributed by atoms with Crippen molar-refractivity contribution in [2.24, 2.45) is 5.73 Å². The van der Waals surface area contributed by atoms with E-state index in [1.54, 1.807) is 4.57 Å². The first-order valence-electron chi connectivity index (χ1n) is 12.0. The molecule has 2 aliphatic heterocycles. The van der Waals surface area contributed by atoms with E-state index < -0.39 is 35.6 Å². The van der Waals surface area contributed by atoms with E-state index in [2.05, 4.69) is 4.98 Å². The maximum Gasteiger partial charge on any atom is 0.274 e. The summed E-state index contributed by atoms with van der Waals surface area (Å²) in [6.07, 6.45) is 0.361. The molecule has 2 amide bonds. The highest BCUT2D eigenvalue weighted by molar-refractivity contribution is 5.94. The third kappa shape index (κ3) is 4.95. The van der Waals surface area contributed by atoms with Crippen LogP contribution in [0.2, 0.25) is 0 Å². The highest BCUT2D eigenvalue weighted by Gasteiger charge is 2.33. The molecule has 5 rings (SSSR count). The number of fused-ring (bicyclic) bond motifs is 3. The molecule has 0 unspecified atom stereocenters. The molecule has 37 heavy (non-hydrogen) atoms. The Labute approximate surface area is 210 Å². The van der Waals surface area contributed by atoms with Gasteiger partial charge in [0.15, 0.2) is 17.3 Å². The Bertz CT molecular complexity index is 1360. The number of alkyl halides is 1. The van der Waals surface area contributed by atoms with Crippen molar-refractivity contribution in [2.75, 3.05) is 13.1 Å². The molecular formula is C26H25F4N5O2. The maximum atomic E-state index is 14.1. The predicted octanol–water partition coefficient (Wildman–Crippen LogP) is 3.28. The number of hydrogen-bond donors (Lipinski definition) is 1. The van der Waals surface area contributed by atoms with Gasteiger partial charge in [0, 0.05) is 31.6 Å². The molecule has 0 spiro atoms. The second-order valence-electron chi connectivity index (χ2n) is 9.45. The first-order chi connectivity index (χ1) is 17.7. The molecule has 2 atom stereocenters. The highest BCUT2D eigenvalue weighted by Crippen LogP contribution is 2.28. The highest BCUT2D eigenvalue weighted by atomic mass is 19.2. The molecule has 0 aliphatic carbocycles. The maximum absolute atomic E-state index is 14.1. The average molecular weight is 516 g/mol. The van der Waals surface area contributed by atoms with Gasteiger partial charge in [0.25, 0.3) is 5.91 Å². The second kappa shape index (κ2) is 9.97. The molecule has 3 aromatic rings. The van der Waals surface area contributed by atoms with Crippen LogP contribution in [-0.2, 0) is 24.3 Å². The normalized spacial score (nSPS) is 17.8. The Morgan fingerprint density at radius 1 is 1.05 bits per heavy atom. The topological polar surface area (TPSA) is 84.5 Å². The van der Waals surface area contributed by atoms with Gasteiger partial charge in [0.05, 0.1) is 24.5 Å². The summed E-state index contributed by atoms with van der Waals surface area (Å²) in [7, 11) is 0. The fourth-order valence-electron chi connectivity index (χ4n) is 4.89. The smallest absolute Gasteiger partial charge is 0.274 e. The minimum atomic E-state index is -1.30. The summed E-state index contributed by atoms with van der Waals surface area (Å²) < 4.78 is 56.4. The summed E-state index contributed by atoms with van der Waals surface area (Å²) in [6.45, 7) is 0.571. The number of amides is 2. The molecule has 0 bridgehead atoms. The summed E-state index contributed by atoms with van der Waals surface area (Å²) in [6, 6.07) is 7.72. The number of imidazole rings is 1. The third-order valence-electron chi connectivity index (χ3n) is 6.80. The van der Waals surface area contributed by atoms with Gasteiger partial charge in [0.2, 0.25) is 5.91 Å². The predicted molar refractivity (Wildman–Crippen MR) is 126 cm³/mol. The van der Waals surface area contributed by atoms with Gasteiger partial charge in [-0.25, -0.2) is 22.5 Å². The molecular weight excluding hydrogens is 490 g/mol. The Morgan fingerprint density at radius 2 is 1.81 bits per heavy atom. The van der Waals surface area contributed by atoms with Gasteiger partial charge in [-0.3, -0.25) is 9.59 Å². The van der Waals surface area contributed by atoms with Crippen LogP contribution in [0, 0.1) is 17.5 Å². The fourth-order valence-corrected chi connectivity index (χ4v) is 4.89. The SMILES string of the molecule is N[C@@H](CC(=O)N1Cc2ccccc2-n2cnc(C(=O)N3CC[C@@H](F)C3)c2C1)Cc1cc(F)c(F)cc1F. The minimum absolute atomic E-state index is 0.000240. The standard InChI is InChI=1S/C26H25F4N5O2/c27-17-5-6-33(12-17)26(37)25-23-13-34(11-15-3-1-2-4-22(15)35(23)14-32-25)24(36)9-18(31)7-16-8-20(29)21(30)10-19(16)28/h1-4,8,10,14,17-18H,5-7,9,11-13,31H2/t17-,18-/m1/s1. The number of carbonyl (C=O) groups is 2. The van der Waals surface area contributed by atoms with Crippen LogP contribution in [0.1, 0.15) is 40.2 Å². The molecule has 0 radical (unpaired) electrons. The van der Waals surface area contributed by atoms with E-state index in [0.29, 0.717) is 18.3 Å². The number of para-hydroxylation sites is 1. The van der Waals surface area contributed by atoms with Crippen LogP contribution in [0.15, 0.2) is 42.7 Å². The van der Waals surface area contributed by atoms with Crippen LogP contribution in [0.3, 0.4) is 0 Å². The van der Waals surface area contributed by atoms with Crippen molar-refractivity contribution in [1.82, 2.24) is 19.4 Å². The molecule has 7 nitrogen and oxygen atoms in total. The molecule has 0 saturated carbocycles. The number of benzene rings is 2. The van der Waals surface area contributed by atoms with Crippen LogP contribution in [0.4, 0.5) is 17.6 Å². The number of aromatic nitrogens is 2. The van der Waals surface area contributed by atoms with Crippen molar-refractivity contribution in [3.05, 3.63) is 82.7 Å². The zero-order valence-corrected chi connectivity index (χ0v) is 19.8. The first-order valence-corrected chi connectivity index (χ1v) is 12.0. The van der Waals surface area contributed by atoms with Gasteiger partial charge in [-0.2, -0.15) is 0 Å². The van der Waals surface area contributed by atoms with Crippen molar-refractivity contribution in [3.8, 4) is 5.69 Å². The van der Waals surface area contributed by atoms with Crippen molar-refractivity contribution < 1.29 is 27.2 Å². The van der Waals surface area contributed by atoms with Crippen LogP contribution in [-0.4, -0.2) is 56.5 Å². The Morgan fingerprint density at radius 3 is 2.57 bits per heavy atom. The summed E-state index contributed by atoms with van der Waals surface area (Å²) in [4.78, 5) is 33.8. The van der Waals surface area contributed by atoms with E-state index in [0.717, 1.165) is 17.3 Å². The molecule has 2 N–H and O–H groups in total. The van der Waals surface area contributed by atoms with Gasteiger partial charge >= 0.3 is 0 Å². The van der Waals surface area contributed by atoms with Gasteiger partial charge in [0.1, 0.15) is 18.3 Å². The van der Waals surface area contributed by atoms with Gasteiger partial charge < -0.3 is 20.1 Å². The van der Waals surface area contributed by atoms with Crippen LogP contribution in [0.25, 0.3) is 5.69 Å². The Kier molecular flexibility index (Phi) is 6.72.